The number of amides is 2. The Balaban J connectivity index is 2.23. The summed E-state index contributed by atoms with van der Waals surface area (Å²) in [4.78, 5) is 22.4. The maximum atomic E-state index is 11.5. The Morgan fingerprint density at radius 2 is 2.00 bits per heavy atom. The number of carboxylic acids is 1. The molecule has 21 heavy (non-hydrogen) atoms. The summed E-state index contributed by atoms with van der Waals surface area (Å²) in [5.74, 6) is -0.326. The number of hydrogen-bond acceptors (Lipinski definition) is 3. The maximum Gasteiger partial charge on any atom is 0.326 e. The van der Waals surface area contributed by atoms with Crippen LogP contribution in [0.5, 0.6) is 5.75 Å². The Kier molecular flexibility index (Phi) is 7.60. The number of aliphatic carboxylic acids is 1. The van der Waals surface area contributed by atoms with Crippen LogP contribution in [0.1, 0.15) is 19.8 Å². The van der Waals surface area contributed by atoms with E-state index in [4.69, 9.17) is 9.84 Å². The quantitative estimate of drug-likeness (QED) is 0.622. The van der Waals surface area contributed by atoms with Gasteiger partial charge in [-0.05, 0) is 30.7 Å². The van der Waals surface area contributed by atoms with E-state index in [1.165, 1.54) is 0 Å². The summed E-state index contributed by atoms with van der Waals surface area (Å²) < 4.78 is 6.39. The summed E-state index contributed by atoms with van der Waals surface area (Å²) >= 11 is 3.32. The van der Waals surface area contributed by atoms with Crippen LogP contribution in [0.3, 0.4) is 0 Å². The first kappa shape index (κ1) is 17.3. The molecule has 1 atom stereocenters. The molecule has 0 spiro atoms. The number of ether oxygens (including phenoxy) is 1. The van der Waals surface area contributed by atoms with Gasteiger partial charge in [0, 0.05) is 4.47 Å². The van der Waals surface area contributed by atoms with E-state index < -0.39 is 18.0 Å². The van der Waals surface area contributed by atoms with Crippen LogP contribution in [0.15, 0.2) is 28.7 Å². The van der Waals surface area contributed by atoms with Gasteiger partial charge in [0.1, 0.15) is 18.4 Å². The van der Waals surface area contributed by atoms with Crippen molar-refractivity contribution in [2.45, 2.75) is 25.8 Å². The van der Waals surface area contributed by atoms with Crippen molar-refractivity contribution >= 4 is 27.9 Å². The number of urea groups is 1. The Labute approximate surface area is 132 Å². The maximum absolute atomic E-state index is 11.5. The second-order valence-corrected chi connectivity index (χ2v) is 5.30. The van der Waals surface area contributed by atoms with E-state index in [9.17, 15) is 9.59 Å². The van der Waals surface area contributed by atoms with Crippen molar-refractivity contribution in [2.24, 2.45) is 0 Å². The number of carboxylic acid groups (broad SMARTS) is 1. The molecule has 1 aromatic carbocycles. The minimum Gasteiger partial charge on any atom is -0.492 e. The lowest BCUT2D eigenvalue weighted by Crippen LogP contribution is -2.46. The Hall–Kier alpha value is -1.76. The molecule has 116 valence electrons. The van der Waals surface area contributed by atoms with E-state index in [2.05, 4.69) is 26.6 Å². The highest BCUT2D eigenvalue weighted by atomic mass is 79.9. The fraction of sp³-hybridized carbons (Fsp3) is 0.429. The van der Waals surface area contributed by atoms with Crippen LogP contribution in [0.25, 0.3) is 0 Å². The largest absolute Gasteiger partial charge is 0.492 e. The van der Waals surface area contributed by atoms with E-state index in [0.717, 1.165) is 4.47 Å². The monoisotopic (exact) mass is 358 g/mol. The van der Waals surface area contributed by atoms with Gasteiger partial charge >= 0.3 is 12.0 Å². The van der Waals surface area contributed by atoms with Gasteiger partial charge in [-0.1, -0.05) is 29.3 Å². The topological polar surface area (TPSA) is 87.7 Å². The number of carbonyl (C=O) groups excluding carboxylic acids is 1. The second kappa shape index (κ2) is 9.23. The van der Waals surface area contributed by atoms with Gasteiger partial charge < -0.3 is 20.5 Å². The molecule has 0 aliphatic carbocycles. The highest BCUT2D eigenvalue weighted by molar-refractivity contribution is 9.10. The van der Waals surface area contributed by atoms with Gasteiger partial charge in [0.25, 0.3) is 0 Å². The summed E-state index contributed by atoms with van der Waals surface area (Å²) in [5.41, 5.74) is 0. The average Bonchev–Trinajstić information content (AvgIpc) is 2.45. The summed E-state index contributed by atoms with van der Waals surface area (Å²) in [7, 11) is 0. The number of nitrogens with one attached hydrogen (secondary N) is 2. The third-order valence-corrected chi connectivity index (χ3v) is 3.18. The minimum atomic E-state index is -1.03. The number of halogens is 1. The van der Waals surface area contributed by atoms with Crippen LogP contribution in [0.4, 0.5) is 4.79 Å². The lowest BCUT2D eigenvalue weighted by Gasteiger charge is -2.14. The van der Waals surface area contributed by atoms with Gasteiger partial charge in [-0.25, -0.2) is 9.59 Å². The Morgan fingerprint density at radius 1 is 1.33 bits per heavy atom. The van der Waals surface area contributed by atoms with E-state index in [1.807, 2.05) is 31.2 Å². The van der Waals surface area contributed by atoms with E-state index in [-0.39, 0.29) is 0 Å². The first-order chi connectivity index (χ1) is 10.0. The highest BCUT2D eigenvalue weighted by Crippen LogP contribution is 2.15. The van der Waals surface area contributed by atoms with Crippen LogP contribution < -0.4 is 15.4 Å². The van der Waals surface area contributed by atoms with Gasteiger partial charge in [0.05, 0.1) is 6.54 Å². The molecule has 3 N–H and O–H groups in total. The lowest BCUT2D eigenvalue weighted by atomic mass is 10.2. The normalized spacial score (nSPS) is 11.5. The van der Waals surface area contributed by atoms with Crippen molar-refractivity contribution in [2.75, 3.05) is 13.2 Å². The molecule has 6 nitrogen and oxygen atoms in total. The summed E-state index contributed by atoms with van der Waals surface area (Å²) in [6.07, 6.45) is 1.09. The van der Waals surface area contributed by atoms with Crippen molar-refractivity contribution in [1.29, 1.82) is 0 Å². The summed E-state index contributed by atoms with van der Waals surface area (Å²) in [6.45, 7) is 2.46. The Bertz CT molecular complexity index is 465. The lowest BCUT2D eigenvalue weighted by molar-refractivity contribution is -0.139. The van der Waals surface area contributed by atoms with Crippen LogP contribution >= 0.6 is 15.9 Å². The molecule has 0 aliphatic heterocycles. The fourth-order valence-electron chi connectivity index (χ4n) is 1.62. The van der Waals surface area contributed by atoms with Crippen molar-refractivity contribution in [1.82, 2.24) is 10.6 Å². The zero-order valence-electron chi connectivity index (χ0n) is 11.8. The first-order valence-electron chi connectivity index (χ1n) is 6.68. The molecule has 0 heterocycles. The van der Waals surface area contributed by atoms with Crippen LogP contribution in [-0.4, -0.2) is 36.3 Å². The summed E-state index contributed by atoms with van der Waals surface area (Å²) in [5, 5.41) is 13.9. The molecule has 7 heteroatoms. The molecular weight excluding hydrogens is 340 g/mol. The standard InChI is InChI=1S/C14H19BrN2O4/c1-2-3-12(13(18)19)17-14(20)16-8-9-21-11-6-4-10(15)5-7-11/h4-7,12H,2-3,8-9H2,1H3,(H,18,19)(H2,16,17,20). The fourth-order valence-corrected chi connectivity index (χ4v) is 1.88. The van der Waals surface area contributed by atoms with Crippen molar-refractivity contribution in [3.63, 3.8) is 0 Å². The molecule has 0 bridgehead atoms. The van der Waals surface area contributed by atoms with E-state index in [1.54, 1.807) is 0 Å². The first-order valence-corrected chi connectivity index (χ1v) is 7.47. The third-order valence-electron chi connectivity index (χ3n) is 2.65. The minimum absolute atomic E-state index is 0.292. The predicted octanol–water partition coefficient (Wildman–Crippen LogP) is 2.38. The number of hydrogen-bond donors (Lipinski definition) is 3. The molecule has 0 saturated carbocycles. The number of benzene rings is 1. The molecular formula is C14H19BrN2O4. The van der Waals surface area contributed by atoms with E-state index in [0.29, 0.717) is 31.7 Å². The molecule has 0 fully saturated rings. The second-order valence-electron chi connectivity index (χ2n) is 4.38. The molecule has 0 aliphatic rings. The SMILES string of the molecule is CCCC(NC(=O)NCCOc1ccc(Br)cc1)C(=O)O. The van der Waals surface area contributed by atoms with Gasteiger partial charge in [-0.15, -0.1) is 0 Å². The van der Waals surface area contributed by atoms with Gasteiger partial charge in [-0.3, -0.25) is 0 Å². The van der Waals surface area contributed by atoms with Gasteiger partial charge in [-0.2, -0.15) is 0 Å². The number of carbonyl (C=O) groups is 2. The van der Waals surface area contributed by atoms with Crippen LogP contribution in [0, 0.1) is 0 Å². The van der Waals surface area contributed by atoms with Crippen molar-refractivity contribution in [3.05, 3.63) is 28.7 Å². The zero-order chi connectivity index (χ0) is 15.7. The summed E-state index contributed by atoms with van der Waals surface area (Å²) in [6, 6.07) is 5.98. The molecule has 0 radical (unpaired) electrons. The number of rotatable bonds is 8. The van der Waals surface area contributed by atoms with Crippen LogP contribution in [-0.2, 0) is 4.79 Å². The predicted molar refractivity (Wildman–Crippen MR) is 82.5 cm³/mol. The van der Waals surface area contributed by atoms with Crippen LogP contribution in [0.2, 0.25) is 0 Å². The van der Waals surface area contributed by atoms with Crippen molar-refractivity contribution < 1.29 is 19.4 Å². The Morgan fingerprint density at radius 3 is 2.57 bits per heavy atom. The molecule has 1 unspecified atom stereocenters. The zero-order valence-corrected chi connectivity index (χ0v) is 13.4. The average molecular weight is 359 g/mol. The molecule has 0 saturated heterocycles. The van der Waals surface area contributed by atoms with E-state index >= 15 is 0 Å². The van der Waals surface area contributed by atoms with Gasteiger partial charge in [0.15, 0.2) is 0 Å². The smallest absolute Gasteiger partial charge is 0.326 e. The highest BCUT2D eigenvalue weighted by Gasteiger charge is 2.18. The van der Waals surface area contributed by atoms with Gasteiger partial charge in [0.2, 0.25) is 0 Å². The molecule has 2 amide bonds. The van der Waals surface area contributed by atoms with Crippen molar-refractivity contribution in [3.8, 4) is 5.75 Å². The molecule has 1 rings (SSSR count). The third kappa shape index (κ3) is 6.99. The molecule has 1 aromatic rings. The molecule has 0 aromatic heterocycles.